The van der Waals surface area contributed by atoms with Gasteiger partial charge >= 0.3 is 0 Å². The molecule has 4 aliphatic rings. The second-order valence-corrected chi connectivity index (χ2v) is 16.5. The lowest BCUT2D eigenvalue weighted by Gasteiger charge is -2.30. The van der Waals surface area contributed by atoms with Gasteiger partial charge in [0, 0.05) is 30.7 Å². The van der Waals surface area contributed by atoms with E-state index in [-0.39, 0.29) is 0 Å². The number of rotatable bonds is 12. The zero-order valence-electron chi connectivity index (χ0n) is 32.9. The monoisotopic (exact) mass is 652 g/mol. The summed E-state index contributed by atoms with van der Waals surface area (Å²) in [6, 6.07) is 2.59. The molecule has 0 spiro atoms. The van der Waals surface area contributed by atoms with Crippen molar-refractivity contribution in [3.8, 4) is 0 Å². The van der Waals surface area contributed by atoms with Gasteiger partial charge in [-0.05, 0) is 148 Å². The Morgan fingerprint density at radius 3 is 1.28 bits per heavy atom. The average Bonchev–Trinajstić information content (AvgIpc) is 3.03. The van der Waals surface area contributed by atoms with E-state index in [2.05, 4.69) is 106 Å². The van der Waals surface area contributed by atoms with Crippen molar-refractivity contribution in [1.82, 2.24) is 36.4 Å². The summed E-state index contributed by atoms with van der Waals surface area (Å²) in [4.78, 5) is 4.86. The molecule has 1 saturated carbocycles. The predicted molar refractivity (Wildman–Crippen MR) is 205 cm³/mol. The molecule has 7 nitrogen and oxygen atoms in total. The van der Waals surface area contributed by atoms with E-state index in [0.717, 1.165) is 23.7 Å². The first-order valence-electron chi connectivity index (χ1n) is 20.0. The highest BCUT2D eigenvalue weighted by molar-refractivity contribution is 4.74. The number of likely N-dealkylation sites (tertiary alicyclic amines) is 2. The molecule has 3 aliphatic heterocycles. The van der Waals surface area contributed by atoms with Crippen LogP contribution in [0.15, 0.2) is 0 Å². The zero-order valence-corrected chi connectivity index (χ0v) is 32.9. The fourth-order valence-electron chi connectivity index (χ4n) is 6.79. The molecule has 5 N–H and O–H groups in total. The minimum Gasteiger partial charge on any atom is -0.317 e. The molecule has 1 atom stereocenters. The van der Waals surface area contributed by atoms with Crippen molar-refractivity contribution < 1.29 is 0 Å². The van der Waals surface area contributed by atoms with Crippen molar-refractivity contribution in [3.05, 3.63) is 0 Å². The van der Waals surface area contributed by atoms with Gasteiger partial charge in [0.15, 0.2) is 0 Å². The molecule has 7 heteroatoms. The molecular weight excluding hydrogens is 566 g/mol. The molecule has 1 unspecified atom stereocenters. The Morgan fingerprint density at radius 2 is 0.848 bits per heavy atom. The van der Waals surface area contributed by atoms with E-state index in [1.807, 2.05) is 0 Å². The van der Waals surface area contributed by atoms with E-state index in [1.54, 1.807) is 0 Å². The lowest BCUT2D eigenvalue weighted by atomic mass is 9.89. The number of nitrogens with one attached hydrogen (secondary N) is 5. The standard InChI is InChI=1S/2C10H22N2.C10H21N.C9H20N2/c1-9(2)11-8-10-4-6-12(3)7-5-10;1-9(2)11-7-10-5-4-6-12(3)8-10;1-9(2)11-8-10-6-4-3-5-7-10;1-8(2)11-7-9-3-5-10-6-4-9/h2*9-11H,4-8H2,1-3H3;9-11H,3-8H2,1-2H3;8-11H,3-7H2,1-2H3. The van der Waals surface area contributed by atoms with Crippen LogP contribution in [0.4, 0.5) is 0 Å². The normalized spacial score (nSPS) is 22.7. The fraction of sp³-hybridized carbons (Fsp3) is 1.00. The van der Waals surface area contributed by atoms with E-state index in [1.165, 1.54) is 136 Å². The second-order valence-electron chi connectivity index (χ2n) is 16.5. The summed E-state index contributed by atoms with van der Waals surface area (Å²) in [5.74, 6) is 3.69. The van der Waals surface area contributed by atoms with E-state index in [0.29, 0.717) is 24.2 Å². The van der Waals surface area contributed by atoms with Gasteiger partial charge in [-0.2, -0.15) is 0 Å². The highest BCUT2D eigenvalue weighted by atomic mass is 15.1. The van der Waals surface area contributed by atoms with Crippen molar-refractivity contribution in [2.75, 3.05) is 79.5 Å². The molecule has 4 rings (SSSR count). The average molecular weight is 652 g/mol. The predicted octanol–water partition coefficient (Wildman–Crippen LogP) is 6.20. The second kappa shape index (κ2) is 27.5. The van der Waals surface area contributed by atoms with Crippen LogP contribution >= 0.6 is 0 Å². The van der Waals surface area contributed by atoms with Crippen LogP contribution in [0.1, 0.15) is 126 Å². The third-order valence-corrected chi connectivity index (χ3v) is 10.0. The molecule has 0 aromatic carbocycles. The smallest absolute Gasteiger partial charge is 0.00187 e. The van der Waals surface area contributed by atoms with E-state index < -0.39 is 0 Å². The summed E-state index contributed by atoms with van der Waals surface area (Å²) in [6.07, 6.45) is 15.5. The lowest BCUT2D eigenvalue weighted by molar-refractivity contribution is 0.204. The summed E-state index contributed by atoms with van der Waals surface area (Å²) in [5, 5.41) is 17.4. The molecule has 0 radical (unpaired) electrons. The Balaban J connectivity index is 0.000000307. The van der Waals surface area contributed by atoms with Crippen LogP contribution in [0.5, 0.6) is 0 Å². The van der Waals surface area contributed by atoms with Gasteiger partial charge in [-0.15, -0.1) is 0 Å². The Labute approximate surface area is 289 Å². The van der Waals surface area contributed by atoms with Gasteiger partial charge in [0.05, 0.1) is 0 Å². The van der Waals surface area contributed by atoms with Gasteiger partial charge in [-0.3, -0.25) is 0 Å². The topological polar surface area (TPSA) is 66.6 Å². The van der Waals surface area contributed by atoms with Gasteiger partial charge in [0.25, 0.3) is 0 Å². The van der Waals surface area contributed by atoms with E-state index >= 15 is 0 Å². The molecular formula is C39H85N7. The molecule has 1 aliphatic carbocycles. The first-order valence-corrected chi connectivity index (χ1v) is 20.0. The first-order chi connectivity index (χ1) is 21.9. The van der Waals surface area contributed by atoms with Crippen molar-refractivity contribution in [3.63, 3.8) is 0 Å². The maximum absolute atomic E-state index is 3.52. The first kappa shape index (κ1) is 43.7. The molecule has 0 amide bonds. The molecule has 276 valence electrons. The SMILES string of the molecule is CC(C)NCC1CCCCC1.CC(C)NCC1CCCN(C)C1.CC(C)NCC1CCN(C)CC1.CC(C)NCC1CCNCC1. The van der Waals surface area contributed by atoms with Crippen LogP contribution in [-0.4, -0.2) is 114 Å². The van der Waals surface area contributed by atoms with Crippen LogP contribution in [0.2, 0.25) is 0 Å². The van der Waals surface area contributed by atoms with Crippen LogP contribution in [0.3, 0.4) is 0 Å². The van der Waals surface area contributed by atoms with Crippen LogP contribution in [0, 0.1) is 23.7 Å². The lowest BCUT2D eigenvalue weighted by Crippen LogP contribution is -2.39. The number of nitrogens with zero attached hydrogens (tertiary/aromatic N) is 2. The van der Waals surface area contributed by atoms with Crippen LogP contribution < -0.4 is 26.6 Å². The number of hydrogen-bond donors (Lipinski definition) is 5. The molecule has 4 fully saturated rings. The maximum Gasteiger partial charge on any atom is 0.00187 e. The molecule has 46 heavy (non-hydrogen) atoms. The van der Waals surface area contributed by atoms with Crippen molar-refractivity contribution in [1.29, 1.82) is 0 Å². The fourth-order valence-corrected chi connectivity index (χ4v) is 6.79. The van der Waals surface area contributed by atoms with Crippen molar-refractivity contribution in [2.24, 2.45) is 23.7 Å². The Bertz CT molecular complexity index is 625. The highest BCUT2D eigenvalue weighted by Crippen LogP contribution is 2.22. The summed E-state index contributed by atoms with van der Waals surface area (Å²) in [7, 11) is 4.44. The summed E-state index contributed by atoms with van der Waals surface area (Å²) >= 11 is 0. The van der Waals surface area contributed by atoms with E-state index in [9.17, 15) is 0 Å². The molecule has 0 aromatic rings. The van der Waals surface area contributed by atoms with Crippen molar-refractivity contribution >= 4 is 0 Å². The molecule has 3 heterocycles. The van der Waals surface area contributed by atoms with Crippen LogP contribution in [-0.2, 0) is 0 Å². The number of hydrogen-bond acceptors (Lipinski definition) is 7. The molecule has 3 saturated heterocycles. The minimum absolute atomic E-state index is 0.636. The minimum atomic E-state index is 0.636. The Morgan fingerprint density at radius 1 is 0.457 bits per heavy atom. The summed E-state index contributed by atoms with van der Waals surface area (Å²) in [5.41, 5.74) is 0. The van der Waals surface area contributed by atoms with E-state index in [4.69, 9.17) is 0 Å². The van der Waals surface area contributed by atoms with Crippen molar-refractivity contribution in [2.45, 2.75) is 150 Å². The highest BCUT2D eigenvalue weighted by Gasteiger charge is 2.17. The quantitative estimate of drug-likeness (QED) is 0.172. The van der Waals surface area contributed by atoms with Gasteiger partial charge in [-0.1, -0.05) is 74.7 Å². The zero-order chi connectivity index (χ0) is 34.2. The Hall–Kier alpha value is -0.280. The third kappa shape index (κ3) is 25.7. The summed E-state index contributed by atoms with van der Waals surface area (Å²) in [6.45, 7) is 30.2. The van der Waals surface area contributed by atoms with Gasteiger partial charge in [0.2, 0.25) is 0 Å². The van der Waals surface area contributed by atoms with Gasteiger partial charge in [-0.25, -0.2) is 0 Å². The molecule has 0 bridgehead atoms. The number of piperidine rings is 3. The summed E-state index contributed by atoms with van der Waals surface area (Å²) < 4.78 is 0. The van der Waals surface area contributed by atoms with Gasteiger partial charge < -0.3 is 36.4 Å². The largest absolute Gasteiger partial charge is 0.317 e. The third-order valence-electron chi connectivity index (χ3n) is 10.0. The maximum atomic E-state index is 3.52. The van der Waals surface area contributed by atoms with Crippen LogP contribution in [0.25, 0.3) is 0 Å². The Kier molecular flexibility index (Phi) is 26.2. The van der Waals surface area contributed by atoms with Gasteiger partial charge in [0.1, 0.15) is 0 Å². The molecule has 0 aromatic heterocycles.